The van der Waals surface area contributed by atoms with Crippen molar-refractivity contribution in [3.05, 3.63) is 48.0 Å². The average Bonchev–Trinajstić information content (AvgIpc) is 2.41. The summed E-state index contributed by atoms with van der Waals surface area (Å²) in [5.74, 6) is 0.399. The zero-order chi connectivity index (χ0) is 12.6. The van der Waals surface area contributed by atoms with E-state index in [0.717, 1.165) is 24.8 Å². The zero-order valence-electron chi connectivity index (χ0n) is 10.4. The van der Waals surface area contributed by atoms with Crippen LogP contribution in [-0.2, 0) is 11.2 Å². The standard InChI is InChI=1S/C15H18N2O/c18-15(11-13-7-3-1-4-8-13)17-16-12-14-9-5-2-6-10-14/h1-5,7-8,12,14H,6,9-11H2,(H,17,18)/b16-12+. The molecule has 94 valence electrons. The van der Waals surface area contributed by atoms with Gasteiger partial charge in [-0.2, -0.15) is 5.10 Å². The molecule has 1 aliphatic carbocycles. The second-order valence-electron chi connectivity index (χ2n) is 4.52. The normalized spacial score (nSPS) is 19.0. The fraction of sp³-hybridized carbons (Fsp3) is 0.333. The highest BCUT2D eigenvalue weighted by Gasteiger charge is 2.06. The molecule has 18 heavy (non-hydrogen) atoms. The van der Waals surface area contributed by atoms with E-state index in [4.69, 9.17) is 0 Å². The van der Waals surface area contributed by atoms with Crippen molar-refractivity contribution in [2.24, 2.45) is 11.0 Å². The molecule has 0 fully saturated rings. The van der Waals surface area contributed by atoms with Gasteiger partial charge in [-0.3, -0.25) is 4.79 Å². The number of hydrogen-bond acceptors (Lipinski definition) is 2. The lowest BCUT2D eigenvalue weighted by Gasteiger charge is -2.11. The first-order chi connectivity index (χ1) is 8.84. The highest BCUT2D eigenvalue weighted by atomic mass is 16.2. The quantitative estimate of drug-likeness (QED) is 0.492. The summed E-state index contributed by atoms with van der Waals surface area (Å²) in [6.07, 6.45) is 9.85. The summed E-state index contributed by atoms with van der Waals surface area (Å²) in [4.78, 5) is 11.6. The predicted octanol–water partition coefficient (Wildman–Crippen LogP) is 2.69. The monoisotopic (exact) mass is 242 g/mol. The minimum Gasteiger partial charge on any atom is -0.273 e. The second-order valence-corrected chi connectivity index (χ2v) is 4.52. The maximum absolute atomic E-state index is 11.6. The predicted molar refractivity (Wildman–Crippen MR) is 73.3 cm³/mol. The SMILES string of the molecule is O=C(Cc1ccccc1)N/N=C/C1CC=CCC1. The molecular weight excluding hydrogens is 224 g/mol. The molecule has 0 bridgehead atoms. The van der Waals surface area contributed by atoms with E-state index in [0.29, 0.717) is 12.3 Å². The highest BCUT2D eigenvalue weighted by Crippen LogP contribution is 2.15. The first-order valence-corrected chi connectivity index (χ1v) is 6.35. The molecule has 0 saturated carbocycles. The Balaban J connectivity index is 1.74. The van der Waals surface area contributed by atoms with E-state index >= 15 is 0 Å². The van der Waals surface area contributed by atoms with Crippen molar-refractivity contribution >= 4 is 12.1 Å². The summed E-state index contributed by atoms with van der Waals surface area (Å²) in [5.41, 5.74) is 3.59. The van der Waals surface area contributed by atoms with Crippen LogP contribution in [0.4, 0.5) is 0 Å². The number of nitrogens with zero attached hydrogens (tertiary/aromatic N) is 1. The molecule has 1 aliphatic rings. The first kappa shape index (κ1) is 12.6. The Kier molecular flexibility index (Phi) is 4.70. The number of amides is 1. The van der Waals surface area contributed by atoms with Crippen LogP contribution in [0.5, 0.6) is 0 Å². The summed E-state index contributed by atoms with van der Waals surface area (Å²) >= 11 is 0. The fourth-order valence-electron chi connectivity index (χ4n) is 1.99. The van der Waals surface area contributed by atoms with Gasteiger partial charge in [0.1, 0.15) is 0 Å². The van der Waals surface area contributed by atoms with Crippen molar-refractivity contribution in [2.45, 2.75) is 25.7 Å². The van der Waals surface area contributed by atoms with Crippen molar-refractivity contribution in [2.75, 3.05) is 0 Å². The number of allylic oxidation sites excluding steroid dienone is 2. The second kappa shape index (κ2) is 6.74. The van der Waals surface area contributed by atoms with E-state index in [1.165, 1.54) is 0 Å². The van der Waals surface area contributed by atoms with Gasteiger partial charge in [0.2, 0.25) is 5.91 Å². The maximum Gasteiger partial charge on any atom is 0.244 e. The summed E-state index contributed by atoms with van der Waals surface area (Å²) < 4.78 is 0. The number of nitrogens with one attached hydrogen (secondary N) is 1. The van der Waals surface area contributed by atoms with Crippen LogP contribution < -0.4 is 5.43 Å². The van der Waals surface area contributed by atoms with Crippen LogP contribution in [0.15, 0.2) is 47.6 Å². The van der Waals surface area contributed by atoms with Crippen LogP contribution in [-0.4, -0.2) is 12.1 Å². The molecule has 0 spiro atoms. The van der Waals surface area contributed by atoms with Crippen LogP contribution in [0, 0.1) is 5.92 Å². The average molecular weight is 242 g/mol. The Bertz CT molecular complexity index is 437. The minimum atomic E-state index is -0.0659. The summed E-state index contributed by atoms with van der Waals surface area (Å²) in [6, 6.07) is 9.68. The molecular formula is C15H18N2O. The van der Waals surface area contributed by atoms with Gasteiger partial charge in [0.15, 0.2) is 0 Å². The lowest BCUT2D eigenvalue weighted by atomic mass is 9.96. The molecule has 0 radical (unpaired) electrons. The van der Waals surface area contributed by atoms with Crippen molar-refractivity contribution in [1.29, 1.82) is 0 Å². The molecule has 1 N–H and O–H groups in total. The molecule has 1 atom stereocenters. The zero-order valence-corrected chi connectivity index (χ0v) is 10.4. The van der Waals surface area contributed by atoms with E-state index in [1.807, 2.05) is 36.5 Å². The summed E-state index contributed by atoms with van der Waals surface area (Å²) in [6.45, 7) is 0. The van der Waals surface area contributed by atoms with Crippen LogP contribution in [0.2, 0.25) is 0 Å². The number of carbonyl (C=O) groups is 1. The molecule has 2 rings (SSSR count). The van der Waals surface area contributed by atoms with Crippen LogP contribution in [0.25, 0.3) is 0 Å². The molecule has 0 saturated heterocycles. The largest absolute Gasteiger partial charge is 0.273 e. The minimum absolute atomic E-state index is 0.0659. The molecule has 1 aromatic rings. The van der Waals surface area contributed by atoms with E-state index in [-0.39, 0.29) is 5.91 Å². The van der Waals surface area contributed by atoms with Gasteiger partial charge in [0.05, 0.1) is 6.42 Å². The Labute approximate surface area is 108 Å². The third-order valence-electron chi connectivity index (χ3n) is 2.99. The van der Waals surface area contributed by atoms with Gasteiger partial charge in [-0.25, -0.2) is 5.43 Å². The van der Waals surface area contributed by atoms with E-state index in [2.05, 4.69) is 22.7 Å². The Hall–Kier alpha value is -1.90. The Morgan fingerprint density at radius 1 is 1.33 bits per heavy atom. The third kappa shape index (κ3) is 4.17. The number of hydrazone groups is 1. The fourth-order valence-corrected chi connectivity index (χ4v) is 1.99. The van der Waals surface area contributed by atoms with Gasteiger partial charge in [-0.05, 0) is 30.7 Å². The van der Waals surface area contributed by atoms with Crippen molar-refractivity contribution in [1.82, 2.24) is 5.43 Å². The Morgan fingerprint density at radius 3 is 2.89 bits per heavy atom. The van der Waals surface area contributed by atoms with Gasteiger partial charge in [0.25, 0.3) is 0 Å². The lowest BCUT2D eigenvalue weighted by Crippen LogP contribution is -2.20. The lowest BCUT2D eigenvalue weighted by molar-refractivity contribution is -0.120. The number of benzene rings is 1. The number of carbonyl (C=O) groups excluding carboxylic acids is 1. The smallest absolute Gasteiger partial charge is 0.244 e. The van der Waals surface area contributed by atoms with Crippen LogP contribution in [0.1, 0.15) is 24.8 Å². The number of rotatable bonds is 4. The van der Waals surface area contributed by atoms with E-state index in [1.54, 1.807) is 0 Å². The topological polar surface area (TPSA) is 41.5 Å². The van der Waals surface area contributed by atoms with Crippen LogP contribution >= 0.6 is 0 Å². The van der Waals surface area contributed by atoms with Crippen LogP contribution in [0.3, 0.4) is 0 Å². The van der Waals surface area contributed by atoms with Gasteiger partial charge < -0.3 is 0 Å². The van der Waals surface area contributed by atoms with E-state index in [9.17, 15) is 4.79 Å². The molecule has 3 nitrogen and oxygen atoms in total. The molecule has 0 aliphatic heterocycles. The molecule has 1 amide bonds. The Morgan fingerprint density at radius 2 is 2.17 bits per heavy atom. The van der Waals surface area contributed by atoms with Crippen molar-refractivity contribution < 1.29 is 4.79 Å². The third-order valence-corrected chi connectivity index (χ3v) is 2.99. The highest BCUT2D eigenvalue weighted by molar-refractivity contribution is 5.79. The maximum atomic E-state index is 11.6. The molecule has 1 aromatic carbocycles. The molecule has 0 heterocycles. The molecule has 0 aromatic heterocycles. The van der Waals surface area contributed by atoms with Gasteiger partial charge in [-0.15, -0.1) is 0 Å². The van der Waals surface area contributed by atoms with Crippen molar-refractivity contribution in [3.63, 3.8) is 0 Å². The van der Waals surface area contributed by atoms with Gasteiger partial charge in [0, 0.05) is 6.21 Å². The van der Waals surface area contributed by atoms with Gasteiger partial charge in [-0.1, -0.05) is 42.5 Å². The molecule has 1 unspecified atom stereocenters. The van der Waals surface area contributed by atoms with Gasteiger partial charge >= 0.3 is 0 Å². The summed E-state index contributed by atoms with van der Waals surface area (Å²) in [7, 11) is 0. The molecule has 3 heteroatoms. The first-order valence-electron chi connectivity index (χ1n) is 6.35. The number of hydrogen-bond donors (Lipinski definition) is 1. The summed E-state index contributed by atoms with van der Waals surface area (Å²) in [5, 5.41) is 4.03. The van der Waals surface area contributed by atoms with Crippen molar-refractivity contribution in [3.8, 4) is 0 Å². The van der Waals surface area contributed by atoms with E-state index < -0.39 is 0 Å².